The summed E-state index contributed by atoms with van der Waals surface area (Å²) in [5.74, 6) is 1.66. The Bertz CT molecular complexity index is 1110. The highest BCUT2D eigenvalue weighted by molar-refractivity contribution is 6.03. The predicted molar refractivity (Wildman–Crippen MR) is 142 cm³/mol. The van der Waals surface area contributed by atoms with Gasteiger partial charge in [-0.3, -0.25) is 0 Å². The van der Waals surface area contributed by atoms with Crippen LogP contribution in [0.5, 0.6) is 5.75 Å². The molecular weight excluding hydrogens is 475 g/mol. The van der Waals surface area contributed by atoms with Gasteiger partial charge in [-0.25, -0.2) is 14.2 Å². The summed E-state index contributed by atoms with van der Waals surface area (Å²) in [7, 11) is 0. The maximum Gasteiger partial charge on any atom is 0.434 e. The van der Waals surface area contributed by atoms with E-state index in [2.05, 4.69) is 9.89 Å². The quantitative estimate of drug-likeness (QED) is 0.523. The first-order valence-corrected chi connectivity index (χ1v) is 12.9. The number of hydrogen-bond acceptors (Lipinski definition) is 7. The van der Waals surface area contributed by atoms with Crippen molar-refractivity contribution >= 4 is 17.6 Å². The zero-order chi connectivity index (χ0) is 26.6. The number of rotatable bonds is 4. The molecule has 1 aromatic carbocycles. The monoisotopic (exact) mass is 512 g/mol. The van der Waals surface area contributed by atoms with Crippen LogP contribution < -0.4 is 4.74 Å². The molecule has 8 nitrogen and oxygen atoms in total. The maximum absolute atomic E-state index is 15.1. The second-order valence-electron chi connectivity index (χ2n) is 10.6. The number of allylic oxidation sites excluding steroid dienone is 2. The summed E-state index contributed by atoms with van der Waals surface area (Å²) in [5, 5.41) is 0. The summed E-state index contributed by atoms with van der Waals surface area (Å²) in [4.78, 5) is 25.0. The molecule has 0 aromatic heterocycles. The van der Waals surface area contributed by atoms with Crippen molar-refractivity contribution in [3.63, 3.8) is 0 Å². The topological polar surface area (TPSA) is 76.0 Å². The van der Waals surface area contributed by atoms with Gasteiger partial charge in [0, 0.05) is 26.1 Å². The van der Waals surface area contributed by atoms with Crippen LogP contribution in [0.2, 0.25) is 0 Å². The molecule has 2 fully saturated rings. The van der Waals surface area contributed by atoms with Gasteiger partial charge in [0.15, 0.2) is 11.7 Å². The standard InChI is InChI=1S/C28H37FN4O4/c1-19-6-11-24(29)26(31-25(19)32-14-16-35-17-15-32)33-13-12-23(18-33)36-22-9-7-21(8-10-22)20(2)30-27(34)37-28(3,4)5/h7-11,23H,6,12-18H2,1-5H3. The molecule has 2 saturated heterocycles. The first-order chi connectivity index (χ1) is 17.6. The van der Waals surface area contributed by atoms with Crippen LogP contribution in [0.1, 0.15) is 53.0 Å². The fraction of sp³-hybridized carbons (Fsp3) is 0.536. The van der Waals surface area contributed by atoms with E-state index in [4.69, 9.17) is 19.2 Å². The van der Waals surface area contributed by atoms with Crippen LogP contribution in [0.3, 0.4) is 0 Å². The third-order valence-corrected chi connectivity index (χ3v) is 6.38. The van der Waals surface area contributed by atoms with E-state index in [-0.39, 0.29) is 11.9 Å². The van der Waals surface area contributed by atoms with Gasteiger partial charge in [-0.2, -0.15) is 4.99 Å². The SMILES string of the molecule is CC(=NC(=O)OC(C)(C)C)c1ccc(OC2CCN(C3=NC(N4CCOCC4)=C(C)CC=C3F)C2)cc1. The number of amides is 1. The lowest BCUT2D eigenvalue weighted by Gasteiger charge is -2.30. The van der Waals surface area contributed by atoms with E-state index in [0.717, 1.165) is 36.5 Å². The molecule has 1 atom stereocenters. The van der Waals surface area contributed by atoms with Crippen LogP contribution in [-0.4, -0.2) is 78.5 Å². The molecule has 1 unspecified atom stereocenters. The summed E-state index contributed by atoms with van der Waals surface area (Å²) < 4.78 is 32.0. The second-order valence-corrected chi connectivity index (χ2v) is 10.6. The Labute approximate surface area is 218 Å². The lowest BCUT2D eigenvalue weighted by molar-refractivity contribution is 0.0525. The molecule has 200 valence electrons. The molecule has 4 rings (SSSR count). The number of likely N-dealkylation sites (tertiary alicyclic amines) is 1. The number of ether oxygens (including phenoxy) is 3. The van der Waals surface area contributed by atoms with Crippen molar-refractivity contribution in [3.05, 3.63) is 53.1 Å². The van der Waals surface area contributed by atoms with E-state index in [9.17, 15) is 4.79 Å². The van der Waals surface area contributed by atoms with Gasteiger partial charge in [0.2, 0.25) is 0 Å². The highest BCUT2D eigenvalue weighted by Gasteiger charge is 2.30. The molecule has 3 aliphatic heterocycles. The molecular formula is C28H37FN4O4. The van der Waals surface area contributed by atoms with Gasteiger partial charge in [-0.1, -0.05) is 0 Å². The minimum Gasteiger partial charge on any atom is -0.489 e. The first-order valence-electron chi connectivity index (χ1n) is 12.9. The summed E-state index contributed by atoms with van der Waals surface area (Å²) in [6.07, 6.45) is 2.24. The zero-order valence-electron chi connectivity index (χ0n) is 22.4. The maximum atomic E-state index is 15.1. The Hall–Kier alpha value is -3.20. The molecule has 0 radical (unpaired) electrons. The smallest absolute Gasteiger partial charge is 0.434 e. The molecule has 3 heterocycles. The van der Waals surface area contributed by atoms with Gasteiger partial charge < -0.3 is 24.0 Å². The number of hydrogen-bond donors (Lipinski definition) is 0. The molecule has 3 aliphatic rings. The molecule has 1 amide bonds. The number of carbonyl (C=O) groups is 1. The van der Waals surface area contributed by atoms with Crippen LogP contribution >= 0.6 is 0 Å². The van der Waals surface area contributed by atoms with Crippen molar-refractivity contribution in [1.82, 2.24) is 9.80 Å². The van der Waals surface area contributed by atoms with Crippen molar-refractivity contribution in [2.24, 2.45) is 9.98 Å². The van der Waals surface area contributed by atoms with Crippen LogP contribution in [0.25, 0.3) is 0 Å². The van der Waals surface area contributed by atoms with Crippen molar-refractivity contribution in [3.8, 4) is 5.75 Å². The van der Waals surface area contributed by atoms with E-state index in [1.165, 1.54) is 0 Å². The normalized spacial score (nSPS) is 21.5. The predicted octanol–water partition coefficient (Wildman–Crippen LogP) is 5.10. The number of halogens is 1. The van der Waals surface area contributed by atoms with Gasteiger partial charge in [0.25, 0.3) is 0 Å². The Balaban J connectivity index is 1.39. The number of nitrogens with zero attached hydrogens (tertiary/aromatic N) is 4. The Morgan fingerprint density at radius 1 is 1.14 bits per heavy atom. The van der Waals surface area contributed by atoms with Gasteiger partial charge in [0.05, 0.1) is 25.5 Å². The van der Waals surface area contributed by atoms with Crippen LogP contribution in [0.15, 0.2) is 57.5 Å². The zero-order valence-corrected chi connectivity index (χ0v) is 22.4. The van der Waals surface area contributed by atoms with Crippen molar-refractivity contribution in [2.45, 2.75) is 59.2 Å². The fourth-order valence-electron chi connectivity index (χ4n) is 4.48. The van der Waals surface area contributed by atoms with Crippen LogP contribution in [0.4, 0.5) is 9.18 Å². The summed E-state index contributed by atoms with van der Waals surface area (Å²) in [6, 6.07) is 7.45. The van der Waals surface area contributed by atoms with E-state index >= 15 is 4.39 Å². The van der Waals surface area contributed by atoms with Crippen molar-refractivity contribution in [2.75, 3.05) is 39.4 Å². The lowest BCUT2D eigenvalue weighted by atomic mass is 10.1. The van der Waals surface area contributed by atoms with Crippen LogP contribution in [0, 0.1) is 0 Å². The Morgan fingerprint density at radius 2 is 1.84 bits per heavy atom. The number of amidine groups is 1. The summed E-state index contributed by atoms with van der Waals surface area (Å²) in [5.41, 5.74) is 1.85. The van der Waals surface area contributed by atoms with Gasteiger partial charge >= 0.3 is 6.09 Å². The van der Waals surface area contributed by atoms with E-state index in [1.54, 1.807) is 33.8 Å². The average Bonchev–Trinajstić information content (AvgIpc) is 3.24. The summed E-state index contributed by atoms with van der Waals surface area (Å²) >= 11 is 0. The molecule has 9 heteroatoms. The minimum atomic E-state index is -0.610. The Kier molecular flexibility index (Phi) is 8.32. The van der Waals surface area contributed by atoms with E-state index in [0.29, 0.717) is 50.0 Å². The first kappa shape index (κ1) is 26.9. The number of morpholine rings is 1. The second kappa shape index (κ2) is 11.5. The molecule has 0 aliphatic carbocycles. The highest BCUT2D eigenvalue weighted by atomic mass is 19.1. The molecule has 1 aromatic rings. The molecule has 0 saturated carbocycles. The third-order valence-electron chi connectivity index (χ3n) is 6.38. The fourth-order valence-corrected chi connectivity index (χ4v) is 4.48. The molecule has 0 N–H and O–H groups in total. The van der Waals surface area contributed by atoms with Crippen molar-refractivity contribution in [1.29, 1.82) is 0 Å². The lowest BCUT2D eigenvalue weighted by Crippen LogP contribution is -2.37. The van der Waals surface area contributed by atoms with Gasteiger partial charge in [-0.05, 0) is 82.5 Å². The van der Waals surface area contributed by atoms with Crippen LogP contribution in [-0.2, 0) is 9.47 Å². The summed E-state index contributed by atoms with van der Waals surface area (Å²) in [6.45, 7) is 13.2. The molecule has 37 heavy (non-hydrogen) atoms. The van der Waals surface area contributed by atoms with Crippen molar-refractivity contribution < 1.29 is 23.4 Å². The highest BCUT2D eigenvalue weighted by Crippen LogP contribution is 2.27. The van der Waals surface area contributed by atoms with E-state index < -0.39 is 11.7 Å². The van der Waals surface area contributed by atoms with Gasteiger partial charge in [-0.15, -0.1) is 0 Å². The number of benzene rings is 1. The number of carbonyl (C=O) groups excluding carboxylic acids is 1. The number of aliphatic imine (C=N–C) groups is 2. The third kappa shape index (κ3) is 7.19. The average molecular weight is 513 g/mol. The van der Waals surface area contributed by atoms with E-state index in [1.807, 2.05) is 36.1 Å². The van der Waals surface area contributed by atoms with Gasteiger partial charge in [0.1, 0.15) is 23.3 Å². The Morgan fingerprint density at radius 3 is 2.51 bits per heavy atom. The molecule has 0 spiro atoms. The molecule has 0 bridgehead atoms. The largest absolute Gasteiger partial charge is 0.489 e. The minimum absolute atomic E-state index is 0.0851.